The van der Waals surface area contributed by atoms with Crippen molar-refractivity contribution in [3.05, 3.63) is 39.6 Å². The lowest BCUT2D eigenvalue weighted by atomic mass is 9.70. The summed E-state index contributed by atoms with van der Waals surface area (Å²) in [6, 6.07) is 5.45. The first-order valence-electron chi connectivity index (χ1n) is 6.05. The Morgan fingerprint density at radius 2 is 2.00 bits per heavy atom. The molecule has 3 rings (SSSR count). The molecule has 0 unspecified atom stereocenters. The van der Waals surface area contributed by atoms with Crippen molar-refractivity contribution in [3.63, 3.8) is 0 Å². The van der Waals surface area contributed by atoms with Gasteiger partial charge >= 0.3 is 0 Å². The summed E-state index contributed by atoms with van der Waals surface area (Å²) >= 11 is 3.68. The molecule has 0 amide bonds. The number of hydrogen-bond donors (Lipinski definition) is 1. The molecule has 0 aliphatic heterocycles. The van der Waals surface area contributed by atoms with Crippen molar-refractivity contribution in [2.24, 2.45) is 5.73 Å². The molecule has 90 valence electrons. The molecule has 1 saturated carbocycles. The van der Waals surface area contributed by atoms with Crippen LogP contribution in [0.5, 0.6) is 0 Å². The maximum absolute atomic E-state index is 13.2. The molecule has 2 aliphatic rings. The summed E-state index contributed by atoms with van der Waals surface area (Å²) in [5.74, 6) is -0.162. The second kappa shape index (κ2) is 3.92. The zero-order valence-electron chi connectivity index (χ0n) is 9.55. The van der Waals surface area contributed by atoms with E-state index in [1.54, 1.807) is 12.1 Å². The van der Waals surface area contributed by atoms with Crippen LogP contribution in [0.15, 0.2) is 22.7 Å². The Bertz CT molecular complexity index is 487. The lowest BCUT2D eigenvalue weighted by Crippen LogP contribution is -2.36. The van der Waals surface area contributed by atoms with E-state index < -0.39 is 0 Å². The Morgan fingerprint density at radius 1 is 1.29 bits per heavy atom. The molecule has 0 heterocycles. The molecule has 1 aromatic rings. The van der Waals surface area contributed by atoms with Crippen LogP contribution < -0.4 is 5.73 Å². The van der Waals surface area contributed by atoms with Crippen molar-refractivity contribution in [1.82, 2.24) is 0 Å². The normalized spacial score (nSPS) is 31.5. The lowest BCUT2D eigenvalue weighted by molar-refractivity contribution is 0.325. The van der Waals surface area contributed by atoms with E-state index in [4.69, 9.17) is 5.73 Å². The highest BCUT2D eigenvalue weighted by Gasteiger charge is 2.42. The minimum absolute atomic E-state index is 0.0684. The zero-order valence-corrected chi connectivity index (χ0v) is 11.1. The number of nitrogens with two attached hydrogens (primary N) is 1. The first kappa shape index (κ1) is 11.4. The second-order valence-corrected chi connectivity index (χ2v) is 6.00. The Morgan fingerprint density at radius 3 is 2.71 bits per heavy atom. The van der Waals surface area contributed by atoms with E-state index in [1.165, 1.54) is 10.0 Å². The topological polar surface area (TPSA) is 26.0 Å². The van der Waals surface area contributed by atoms with E-state index in [0.717, 1.165) is 31.2 Å². The summed E-state index contributed by atoms with van der Waals surface area (Å²) in [5, 5.41) is 0. The lowest BCUT2D eigenvalue weighted by Gasteiger charge is -2.38. The van der Waals surface area contributed by atoms with Gasteiger partial charge in [-0.2, -0.15) is 0 Å². The van der Waals surface area contributed by atoms with Crippen molar-refractivity contribution in [2.75, 3.05) is 0 Å². The van der Waals surface area contributed by atoms with Crippen molar-refractivity contribution < 1.29 is 4.39 Å². The Balaban J connectivity index is 2.06. The van der Waals surface area contributed by atoms with Crippen LogP contribution in [0.25, 0.3) is 6.08 Å². The highest BCUT2D eigenvalue weighted by Crippen LogP contribution is 2.52. The predicted molar refractivity (Wildman–Crippen MR) is 71.4 cm³/mol. The molecular weight excluding hydrogens is 281 g/mol. The summed E-state index contributed by atoms with van der Waals surface area (Å²) in [7, 11) is 0. The van der Waals surface area contributed by atoms with Crippen LogP contribution >= 0.6 is 15.9 Å². The molecule has 0 saturated heterocycles. The monoisotopic (exact) mass is 295 g/mol. The molecular formula is C14H15BrFN. The molecule has 1 fully saturated rings. The maximum atomic E-state index is 13.2. The summed E-state index contributed by atoms with van der Waals surface area (Å²) < 4.78 is 14.4. The number of allylic oxidation sites excluding steroid dienone is 1. The van der Waals surface area contributed by atoms with E-state index in [9.17, 15) is 4.39 Å². The quantitative estimate of drug-likeness (QED) is 0.776. The largest absolute Gasteiger partial charge is 0.328 e. The first-order chi connectivity index (χ1) is 8.12. The average Bonchev–Trinajstić information content (AvgIpc) is 2.55. The van der Waals surface area contributed by atoms with Crippen molar-refractivity contribution in [2.45, 2.75) is 37.1 Å². The summed E-state index contributed by atoms with van der Waals surface area (Å²) in [5.41, 5.74) is 8.33. The highest BCUT2D eigenvalue weighted by molar-refractivity contribution is 9.11. The van der Waals surface area contributed by atoms with Gasteiger partial charge in [0, 0.05) is 15.9 Å². The third-order valence-electron chi connectivity index (χ3n) is 4.15. The minimum atomic E-state index is -0.162. The fraction of sp³-hybridized carbons (Fsp3) is 0.429. The summed E-state index contributed by atoms with van der Waals surface area (Å²) in [6.45, 7) is 0. The standard InChI is InChI=1S/C14H15BrFN/c15-13-8-9-7-10(16)1-2-12(9)14(13)5-3-11(17)4-6-14/h1-2,7-8,11H,3-6,17H2. The van der Waals surface area contributed by atoms with Crippen molar-refractivity contribution in [3.8, 4) is 0 Å². The number of hydrogen-bond acceptors (Lipinski definition) is 1. The number of fused-ring (bicyclic) bond motifs is 2. The van der Waals surface area contributed by atoms with Crippen molar-refractivity contribution in [1.29, 1.82) is 0 Å². The van der Waals surface area contributed by atoms with Gasteiger partial charge < -0.3 is 5.73 Å². The van der Waals surface area contributed by atoms with Gasteiger partial charge in [-0.15, -0.1) is 0 Å². The number of rotatable bonds is 0. The molecule has 0 radical (unpaired) electrons. The van der Waals surface area contributed by atoms with Crippen molar-refractivity contribution >= 4 is 22.0 Å². The molecule has 2 aliphatic carbocycles. The third kappa shape index (κ3) is 1.67. The van der Waals surface area contributed by atoms with Gasteiger partial charge in [0.2, 0.25) is 0 Å². The molecule has 1 nitrogen and oxygen atoms in total. The number of halogens is 2. The van der Waals surface area contributed by atoms with Gasteiger partial charge in [-0.1, -0.05) is 22.0 Å². The van der Waals surface area contributed by atoms with E-state index in [-0.39, 0.29) is 11.2 Å². The molecule has 1 spiro atoms. The molecule has 0 atom stereocenters. The van der Waals surface area contributed by atoms with E-state index in [0.29, 0.717) is 6.04 Å². The third-order valence-corrected chi connectivity index (χ3v) is 5.14. The van der Waals surface area contributed by atoms with Crippen LogP contribution in [-0.4, -0.2) is 6.04 Å². The molecule has 2 N–H and O–H groups in total. The number of benzene rings is 1. The van der Waals surface area contributed by atoms with Crippen LogP contribution in [0.1, 0.15) is 36.8 Å². The second-order valence-electron chi connectivity index (χ2n) is 5.14. The van der Waals surface area contributed by atoms with Gasteiger partial charge in [-0.05, 0) is 55.0 Å². The minimum Gasteiger partial charge on any atom is -0.328 e. The van der Waals surface area contributed by atoms with Gasteiger partial charge in [0.25, 0.3) is 0 Å². The van der Waals surface area contributed by atoms with E-state index in [2.05, 4.69) is 22.0 Å². The Kier molecular flexibility index (Phi) is 2.64. The van der Waals surface area contributed by atoms with Crippen LogP contribution in [0.2, 0.25) is 0 Å². The summed E-state index contributed by atoms with van der Waals surface area (Å²) in [4.78, 5) is 0. The Labute approximate surface area is 109 Å². The van der Waals surface area contributed by atoms with Gasteiger partial charge in [0.05, 0.1) is 0 Å². The maximum Gasteiger partial charge on any atom is 0.123 e. The summed E-state index contributed by atoms with van der Waals surface area (Å²) in [6.07, 6.45) is 6.27. The molecule has 0 aromatic heterocycles. The van der Waals surface area contributed by atoms with Gasteiger partial charge in [0.1, 0.15) is 5.82 Å². The van der Waals surface area contributed by atoms with Crippen LogP contribution in [0, 0.1) is 5.82 Å². The van der Waals surface area contributed by atoms with E-state index in [1.807, 2.05) is 6.07 Å². The smallest absolute Gasteiger partial charge is 0.123 e. The van der Waals surface area contributed by atoms with Gasteiger partial charge in [0.15, 0.2) is 0 Å². The zero-order chi connectivity index (χ0) is 12.0. The molecule has 17 heavy (non-hydrogen) atoms. The Hall–Kier alpha value is -0.670. The fourth-order valence-electron chi connectivity index (χ4n) is 3.13. The molecule has 1 aromatic carbocycles. The fourth-order valence-corrected chi connectivity index (χ4v) is 3.99. The SMILES string of the molecule is NC1CCC2(CC1)C(Br)=Cc1cc(F)ccc12. The molecule has 0 bridgehead atoms. The average molecular weight is 296 g/mol. The van der Waals surface area contributed by atoms with Crippen LogP contribution in [0.4, 0.5) is 4.39 Å². The highest BCUT2D eigenvalue weighted by atomic mass is 79.9. The first-order valence-corrected chi connectivity index (χ1v) is 6.84. The van der Waals surface area contributed by atoms with E-state index >= 15 is 0 Å². The van der Waals surface area contributed by atoms with Crippen LogP contribution in [0.3, 0.4) is 0 Å². The predicted octanol–water partition coefficient (Wildman–Crippen LogP) is 3.71. The van der Waals surface area contributed by atoms with Gasteiger partial charge in [-0.25, -0.2) is 4.39 Å². The van der Waals surface area contributed by atoms with Gasteiger partial charge in [-0.3, -0.25) is 0 Å². The van der Waals surface area contributed by atoms with Crippen LogP contribution in [-0.2, 0) is 5.41 Å². The molecule has 3 heteroatoms.